The van der Waals surface area contributed by atoms with Crippen LogP contribution in [-0.4, -0.2) is 28.3 Å². The summed E-state index contributed by atoms with van der Waals surface area (Å²) >= 11 is 0. The van der Waals surface area contributed by atoms with Gasteiger partial charge in [-0.3, -0.25) is 9.48 Å². The van der Waals surface area contributed by atoms with Gasteiger partial charge in [0, 0.05) is 18.8 Å². The van der Waals surface area contributed by atoms with Crippen molar-refractivity contribution in [3.05, 3.63) is 18.0 Å². The van der Waals surface area contributed by atoms with Crippen LogP contribution in [0.1, 0.15) is 45.2 Å². The number of rotatable bonds is 3. The molecule has 0 spiro atoms. The van der Waals surface area contributed by atoms with E-state index >= 15 is 0 Å². The standard InChI is InChI=1S/C14H24N4O/c1-10(11-8-16-18(4)9-11)17-13(19)12-14(2,3)6-5-7-15-12/h8-10,12,15H,5-7H2,1-4H3,(H,17,19). The summed E-state index contributed by atoms with van der Waals surface area (Å²) in [4.78, 5) is 12.4. The van der Waals surface area contributed by atoms with Crippen LogP contribution in [0.15, 0.2) is 12.4 Å². The molecule has 0 aliphatic carbocycles. The number of hydrogen-bond acceptors (Lipinski definition) is 3. The van der Waals surface area contributed by atoms with Crippen molar-refractivity contribution in [1.82, 2.24) is 20.4 Å². The van der Waals surface area contributed by atoms with Crippen molar-refractivity contribution in [2.24, 2.45) is 12.5 Å². The third kappa shape index (κ3) is 3.15. The fourth-order valence-electron chi connectivity index (χ4n) is 2.70. The van der Waals surface area contributed by atoms with Gasteiger partial charge in [-0.05, 0) is 31.7 Å². The highest BCUT2D eigenvalue weighted by Gasteiger charge is 2.37. The van der Waals surface area contributed by atoms with Crippen molar-refractivity contribution in [1.29, 1.82) is 0 Å². The van der Waals surface area contributed by atoms with Gasteiger partial charge in [-0.2, -0.15) is 5.10 Å². The first-order chi connectivity index (χ1) is 8.90. The van der Waals surface area contributed by atoms with Gasteiger partial charge in [0.05, 0.1) is 18.3 Å². The van der Waals surface area contributed by atoms with Gasteiger partial charge in [-0.15, -0.1) is 0 Å². The van der Waals surface area contributed by atoms with Crippen LogP contribution in [-0.2, 0) is 11.8 Å². The molecule has 1 amide bonds. The van der Waals surface area contributed by atoms with E-state index in [-0.39, 0.29) is 23.4 Å². The summed E-state index contributed by atoms with van der Waals surface area (Å²) in [7, 11) is 1.88. The molecule has 2 unspecified atom stereocenters. The predicted octanol–water partition coefficient (Wildman–Crippen LogP) is 1.38. The van der Waals surface area contributed by atoms with Crippen molar-refractivity contribution >= 4 is 5.91 Å². The first kappa shape index (κ1) is 14.1. The lowest BCUT2D eigenvalue weighted by molar-refractivity contribution is -0.127. The molecule has 1 aliphatic heterocycles. The number of amides is 1. The number of nitrogens with zero attached hydrogens (tertiary/aromatic N) is 2. The third-order valence-electron chi connectivity index (χ3n) is 3.97. The van der Waals surface area contributed by atoms with Crippen LogP contribution in [0.25, 0.3) is 0 Å². The molecule has 0 aromatic carbocycles. The normalized spacial score (nSPS) is 23.9. The molecular weight excluding hydrogens is 240 g/mol. The van der Waals surface area contributed by atoms with E-state index in [2.05, 4.69) is 29.6 Å². The fraction of sp³-hybridized carbons (Fsp3) is 0.714. The fourth-order valence-corrected chi connectivity index (χ4v) is 2.70. The second-order valence-electron chi connectivity index (χ2n) is 6.16. The Hall–Kier alpha value is -1.36. The average molecular weight is 264 g/mol. The molecule has 1 aromatic rings. The van der Waals surface area contributed by atoms with Crippen molar-refractivity contribution in [2.45, 2.75) is 45.7 Å². The average Bonchev–Trinajstić information content (AvgIpc) is 2.75. The van der Waals surface area contributed by atoms with E-state index in [1.165, 1.54) is 0 Å². The van der Waals surface area contributed by atoms with E-state index in [1.807, 2.05) is 20.2 Å². The smallest absolute Gasteiger partial charge is 0.238 e. The molecule has 0 saturated carbocycles. The summed E-state index contributed by atoms with van der Waals surface area (Å²) in [5.74, 6) is 0.0843. The number of hydrogen-bond donors (Lipinski definition) is 2. The number of carbonyl (C=O) groups is 1. The summed E-state index contributed by atoms with van der Waals surface area (Å²) in [6, 6.07) is -0.124. The molecule has 19 heavy (non-hydrogen) atoms. The highest BCUT2D eigenvalue weighted by Crippen LogP contribution is 2.30. The molecule has 106 valence electrons. The second-order valence-corrected chi connectivity index (χ2v) is 6.16. The minimum atomic E-state index is -0.111. The van der Waals surface area contributed by atoms with Crippen LogP contribution < -0.4 is 10.6 Å². The van der Waals surface area contributed by atoms with Crippen LogP contribution in [0.3, 0.4) is 0 Å². The maximum atomic E-state index is 12.4. The molecule has 2 heterocycles. The van der Waals surface area contributed by atoms with Gasteiger partial charge in [-0.25, -0.2) is 0 Å². The molecule has 1 fully saturated rings. The number of nitrogens with one attached hydrogen (secondary N) is 2. The van der Waals surface area contributed by atoms with Crippen molar-refractivity contribution < 1.29 is 4.79 Å². The number of aryl methyl sites for hydroxylation is 1. The topological polar surface area (TPSA) is 59.0 Å². The van der Waals surface area contributed by atoms with Gasteiger partial charge in [0.1, 0.15) is 0 Å². The Labute approximate surface area is 114 Å². The van der Waals surface area contributed by atoms with Gasteiger partial charge < -0.3 is 10.6 Å². The van der Waals surface area contributed by atoms with Gasteiger partial charge in [0.15, 0.2) is 0 Å². The number of aromatic nitrogens is 2. The highest BCUT2D eigenvalue weighted by atomic mass is 16.2. The van der Waals surface area contributed by atoms with Crippen LogP contribution in [0, 0.1) is 5.41 Å². The molecule has 2 atom stereocenters. The van der Waals surface area contributed by atoms with Crippen molar-refractivity contribution in [2.75, 3.05) is 6.54 Å². The Morgan fingerprint density at radius 1 is 1.63 bits per heavy atom. The second kappa shape index (κ2) is 5.33. The quantitative estimate of drug-likeness (QED) is 0.867. The summed E-state index contributed by atoms with van der Waals surface area (Å²) in [5, 5.41) is 10.6. The van der Waals surface area contributed by atoms with Crippen LogP contribution in [0.2, 0.25) is 0 Å². The van der Waals surface area contributed by atoms with E-state index in [1.54, 1.807) is 10.9 Å². The zero-order valence-corrected chi connectivity index (χ0v) is 12.2. The van der Waals surface area contributed by atoms with E-state index in [0.29, 0.717) is 0 Å². The maximum Gasteiger partial charge on any atom is 0.238 e. The number of carbonyl (C=O) groups excluding carboxylic acids is 1. The molecule has 5 heteroatoms. The van der Waals surface area contributed by atoms with E-state index in [4.69, 9.17) is 0 Å². The SMILES string of the molecule is CC(NC(=O)C1NCCCC1(C)C)c1cnn(C)c1. The summed E-state index contributed by atoms with van der Waals surface area (Å²) in [6.07, 6.45) is 5.95. The van der Waals surface area contributed by atoms with Crippen LogP contribution in [0.4, 0.5) is 0 Å². The Balaban J connectivity index is 2.00. The van der Waals surface area contributed by atoms with Gasteiger partial charge in [0.2, 0.25) is 5.91 Å². The molecule has 5 nitrogen and oxygen atoms in total. The molecule has 0 bridgehead atoms. The molecule has 2 rings (SSSR count). The molecular formula is C14H24N4O. The van der Waals surface area contributed by atoms with Gasteiger partial charge in [-0.1, -0.05) is 13.8 Å². The largest absolute Gasteiger partial charge is 0.348 e. The first-order valence-electron chi connectivity index (χ1n) is 6.92. The lowest BCUT2D eigenvalue weighted by Crippen LogP contribution is -2.55. The molecule has 1 saturated heterocycles. The van der Waals surface area contributed by atoms with E-state index in [9.17, 15) is 4.79 Å². The predicted molar refractivity (Wildman–Crippen MR) is 74.6 cm³/mol. The molecule has 2 N–H and O–H groups in total. The first-order valence-corrected chi connectivity index (χ1v) is 6.92. The highest BCUT2D eigenvalue weighted by molar-refractivity contribution is 5.83. The van der Waals surface area contributed by atoms with Crippen LogP contribution >= 0.6 is 0 Å². The van der Waals surface area contributed by atoms with Gasteiger partial charge in [0.25, 0.3) is 0 Å². The Morgan fingerprint density at radius 3 is 2.95 bits per heavy atom. The molecule has 1 aliphatic rings. The number of piperidine rings is 1. The van der Waals surface area contributed by atoms with Crippen molar-refractivity contribution in [3.8, 4) is 0 Å². The maximum absolute atomic E-state index is 12.4. The lowest BCUT2D eigenvalue weighted by Gasteiger charge is -2.38. The summed E-state index contributed by atoms with van der Waals surface area (Å²) in [6.45, 7) is 7.21. The Kier molecular flexibility index (Phi) is 3.94. The summed E-state index contributed by atoms with van der Waals surface area (Å²) in [5.41, 5.74) is 1.04. The van der Waals surface area contributed by atoms with Crippen molar-refractivity contribution in [3.63, 3.8) is 0 Å². The minimum absolute atomic E-state index is 0.0109. The lowest BCUT2D eigenvalue weighted by atomic mass is 9.77. The zero-order valence-electron chi connectivity index (χ0n) is 12.2. The summed E-state index contributed by atoms with van der Waals surface area (Å²) < 4.78 is 1.75. The molecule has 0 radical (unpaired) electrons. The minimum Gasteiger partial charge on any atom is -0.348 e. The third-order valence-corrected chi connectivity index (χ3v) is 3.97. The van der Waals surface area contributed by atoms with Gasteiger partial charge >= 0.3 is 0 Å². The zero-order chi connectivity index (χ0) is 14.0. The Bertz CT molecular complexity index is 452. The molecule has 1 aromatic heterocycles. The van der Waals surface area contributed by atoms with Crippen LogP contribution in [0.5, 0.6) is 0 Å². The monoisotopic (exact) mass is 264 g/mol. The van der Waals surface area contributed by atoms with E-state index < -0.39 is 0 Å². The Morgan fingerprint density at radius 2 is 2.37 bits per heavy atom. The van der Waals surface area contributed by atoms with E-state index in [0.717, 1.165) is 24.9 Å².